The van der Waals surface area contributed by atoms with Crippen molar-refractivity contribution in [2.75, 3.05) is 0 Å². The fourth-order valence-corrected chi connectivity index (χ4v) is 2.96. The molecular weight excluding hydrogens is 314 g/mol. The lowest BCUT2D eigenvalue weighted by Gasteiger charge is -2.08. The molecule has 3 rings (SSSR count). The highest BCUT2D eigenvalue weighted by Crippen LogP contribution is 2.52. The van der Waals surface area contributed by atoms with Gasteiger partial charge in [-0.2, -0.15) is 0 Å². The van der Waals surface area contributed by atoms with Crippen molar-refractivity contribution in [2.24, 2.45) is 11.3 Å². The molecule has 0 aromatic carbocycles. The molecule has 0 radical (unpaired) electrons. The lowest BCUT2D eigenvalue weighted by Crippen LogP contribution is -2.07. The summed E-state index contributed by atoms with van der Waals surface area (Å²) < 4.78 is 3.13. The van der Waals surface area contributed by atoms with Crippen LogP contribution in [-0.4, -0.2) is 14.5 Å². The maximum atomic E-state index is 6.00. The summed E-state index contributed by atoms with van der Waals surface area (Å²) in [5, 5.41) is 0. The number of alkyl halides is 1. The Labute approximate surface area is 120 Å². The Morgan fingerprint density at radius 1 is 1.56 bits per heavy atom. The fraction of sp³-hybridized carbons (Fsp3) is 0.538. The van der Waals surface area contributed by atoms with E-state index < -0.39 is 0 Å². The molecule has 0 aliphatic heterocycles. The van der Waals surface area contributed by atoms with Gasteiger partial charge in [-0.15, -0.1) is 11.6 Å². The first-order chi connectivity index (χ1) is 8.51. The number of imidazole rings is 1. The van der Waals surface area contributed by atoms with Gasteiger partial charge in [-0.05, 0) is 39.8 Å². The van der Waals surface area contributed by atoms with Gasteiger partial charge in [-0.25, -0.2) is 9.97 Å². The molecule has 0 N–H and O–H groups in total. The predicted octanol–water partition coefficient (Wildman–Crippen LogP) is 3.98. The number of fused-ring (bicyclic) bond motifs is 1. The molecule has 1 atom stereocenters. The van der Waals surface area contributed by atoms with E-state index in [0.717, 1.165) is 28.0 Å². The predicted molar refractivity (Wildman–Crippen MR) is 76.7 cm³/mol. The number of nitrogens with zero attached hydrogens (tertiary/aromatic N) is 3. The molecule has 0 saturated heterocycles. The Balaban J connectivity index is 2.03. The summed E-state index contributed by atoms with van der Waals surface area (Å²) in [5.41, 5.74) is 2.31. The van der Waals surface area contributed by atoms with Crippen LogP contribution in [0.3, 0.4) is 0 Å². The fourth-order valence-electron chi connectivity index (χ4n) is 2.44. The van der Waals surface area contributed by atoms with Gasteiger partial charge in [0, 0.05) is 17.2 Å². The minimum absolute atomic E-state index is 0.432. The lowest BCUT2D eigenvalue weighted by atomic mass is 10.1. The minimum Gasteiger partial charge on any atom is -0.311 e. The topological polar surface area (TPSA) is 30.7 Å². The van der Waals surface area contributed by atoms with Crippen LogP contribution >= 0.6 is 27.5 Å². The van der Waals surface area contributed by atoms with Crippen LogP contribution in [0.15, 0.2) is 16.7 Å². The number of hydrogen-bond donors (Lipinski definition) is 0. The third-order valence-corrected chi connectivity index (χ3v) is 4.54. The van der Waals surface area contributed by atoms with E-state index in [2.05, 4.69) is 44.3 Å². The molecule has 18 heavy (non-hydrogen) atoms. The lowest BCUT2D eigenvalue weighted by molar-refractivity contribution is 0.497. The zero-order valence-corrected chi connectivity index (χ0v) is 12.8. The van der Waals surface area contributed by atoms with Crippen LogP contribution in [0, 0.1) is 11.3 Å². The van der Waals surface area contributed by atoms with Gasteiger partial charge >= 0.3 is 0 Å². The van der Waals surface area contributed by atoms with E-state index in [1.54, 1.807) is 0 Å². The summed E-state index contributed by atoms with van der Waals surface area (Å²) >= 11 is 9.42. The molecule has 1 saturated carbocycles. The van der Waals surface area contributed by atoms with Gasteiger partial charge < -0.3 is 4.57 Å². The average molecular weight is 329 g/mol. The van der Waals surface area contributed by atoms with E-state index in [1.165, 1.54) is 6.42 Å². The van der Waals surface area contributed by atoms with Crippen LogP contribution in [0.25, 0.3) is 11.2 Å². The van der Waals surface area contributed by atoms with Crippen LogP contribution in [-0.2, 0) is 12.4 Å². The molecule has 1 aliphatic rings. The number of rotatable bonds is 3. The number of aromatic nitrogens is 3. The first-order valence-corrected chi connectivity index (χ1v) is 7.40. The second-order valence-corrected chi connectivity index (χ2v) is 6.84. The summed E-state index contributed by atoms with van der Waals surface area (Å²) in [6.07, 6.45) is 3.08. The Kier molecular flexibility index (Phi) is 2.90. The number of pyridine rings is 1. The Hall–Kier alpha value is -0.610. The van der Waals surface area contributed by atoms with Crippen LogP contribution in [0.5, 0.6) is 0 Å². The van der Waals surface area contributed by atoms with Gasteiger partial charge in [0.05, 0.1) is 5.88 Å². The summed E-state index contributed by atoms with van der Waals surface area (Å²) in [6.45, 7) is 5.59. The smallest absolute Gasteiger partial charge is 0.160 e. The summed E-state index contributed by atoms with van der Waals surface area (Å²) in [5.74, 6) is 2.06. The average Bonchev–Trinajstić information content (AvgIpc) is 2.77. The highest BCUT2D eigenvalue weighted by atomic mass is 79.9. The SMILES string of the molecule is CC1(C)CC1Cn1c(CCl)nc2cc(Br)cnc21. The molecule has 96 valence electrons. The molecule has 2 aromatic heterocycles. The van der Waals surface area contributed by atoms with Gasteiger partial charge in [0.2, 0.25) is 0 Å². The maximum Gasteiger partial charge on any atom is 0.160 e. The number of hydrogen-bond acceptors (Lipinski definition) is 2. The second kappa shape index (κ2) is 4.20. The van der Waals surface area contributed by atoms with Gasteiger partial charge in [0.25, 0.3) is 0 Å². The summed E-state index contributed by atoms with van der Waals surface area (Å²) in [7, 11) is 0. The Morgan fingerprint density at radius 2 is 2.28 bits per heavy atom. The van der Waals surface area contributed by atoms with Crippen LogP contribution in [0.4, 0.5) is 0 Å². The van der Waals surface area contributed by atoms with Gasteiger partial charge in [-0.3, -0.25) is 0 Å². The van der Waals surface area contributed by atoms with Gasteiger partial charge in [0.15, 0.2) is 5.65 Å². The van der Waals surface area contributed by atoms with E-state index in [4.69, 9.17) is 11.6 Å². The Morgan fingerprint density at radius 3 is 2.89 bits per heavy atom. The molecular formula is C13H15BrClN3. The highest BCUT2D eigenvalue weighted by molar-refractivity contribution is 9.10. The van der Waals surface area contributed by atoms with E-state index in [9.17, 15) is 0 Å². The third kappa shape index (κ3) is 2.05. The molecule has 3 nitrogen and oxygen atoms in total. The van der Waals surface area contributed by atoms with E-state index in [-0.39, 0.29) is 0 Å². The van der Waals surface area contributed by atoms with Crippen LogP contribution in [0.1, 0.15) is 26.1 Å². The second-order valence-electron chi connectivity index (χ2n) is 5.66. The molecule has 2 aromatic rings. The molecule has 0 bridgehead atoms. The zero-order valence-electron chi connectivity index (χ0n) is 10.5. The quantitative estimate of drug-likeness (QED) is 0.798. The molecule has 1 aliphatic carbocycles. The van der Waals surface area contributed by atoms with E-state index in [1.807, 2.05) is 12.3 Å². The molecule has 0 amide bonds. The van der Waals surface area contributed by atoms with Crippen molar-refractivity contribution in [3.05, 3.63) is 22.6 Å². The summed E-state index contributed by atoms with van der Waals surface area (Å²) in [4.78, 5) is 9.03. The maximum absolute atomic E-state index is 6.00. The van der Waals surface area contributed by atoms with Crippen molar-refractivity contribution < 1.29 is 0 Å². The van der Waals surface area contributed by atoms with Crippen molar-refractivity contribution in [1.82, 2.24) is 14.5 Å². The Bertz CT molecular complexity index is 606. The third-order valence-electron chi connectivity index (χ3n) is 3.87. The molecule has 0 spiro atoms. The van der Waals surface area contributed by atoms with Crippen molar-refractivity contribution in [3.8, 4) is 0 Å². The zero-order chi connectivity index (χ0) is 12.9. The first-order valence-electron chi connectivity index (χ1n) is 6.08. The van der Waals surface area contributed by atoms with E-state index in [0.29, 0.717) is 17.2 Å². The molecule has 5 heteroatoms. The van der Waals surface area contributed by atoms with Crippen molar-refractivity contribution in [1.29, 1.82) is 0 Å². The highest BCUT2D eigenvalue weighted by Gasteiger charge is 2.45. The molecule has 2 heterocycles. The van der Waals surface area contributed by atoms with Crippen LogP contribution in [0.2, 0.25) is 0 Å². The normalized spacial score (nSPS) is 21.4. The van der Waals surface area contributed by atoms with Crippen molar-refractivity contribution >= 4 is 38.7 Å². The van der Waals surface area contributed by atoms with Crippen molar-refractivity contribution in [3.63, 3.8) is 0 Å². The van der Waals surface area contributed by atoms with Gasteiger partial charge in [-0.1, -0.05) is 13.8 Å². The van der Waals surface area contributed by atoms with Gasteiger partial charge in [0.1, 0.15) is 11.3 Å². The van der Waals surface area contributed by atoms with Crippen molar-refractivity contribution in [2.45, 2.75) is 32.7 Å². The molecule has 1 unspecified atom stereocenters. The van der Waals surface area contributed by atoms with Crippen LogP contribution < -0.4 is 0 Å². The largest absolute Gasteiger partial charge is 0.311 e. The van der Waals surface area contributed by atoms with E-state index >= 15 is 0 Å². The monoisotopic (exact) mass is 327 g/mol. The summed E-state index contributed by atoms with van der Waals surface area (Å²) in [6, 6.07) is 1.99. The standard InChI is InChI=1S/C13H15BrClN3/c1-13(2)4-8(13)7-18-11(5-15)17-10-3-9(14)6-16-12(10)18/h3,6,8H,4-5,7H2,1-2H3. The minimum atomic E-state index is 0.432. The number of halogens is 2. The molecule has 1 fully saturated rings. The first kappa shape index (κ1) is 12.4.